The van der Waals surface area contributed by atoms with Crippen molar-refractivity contribution in [1.82, 2.24) is 0 Å². The molecule has 0 aromatic rings. The lowest BCUT2D eigenvalue weighted by molar-refractivity contribution is -0.132. The number of carboxylic acids is 1. The molecule has 1 fully saturated rings. The highest BCUT2D eigenvalue weighted by atomic mass is 16.4. The first-order valence-electron chi connectivity index (χ1n) is 6.03. The molecular formula is C13H22O2. The number of hydrogen-bond donors (Lipinski definition) is 1. The number of rotatable bonds is 4. The van der Waals surface area contributed by atoms with Crippen molar-refractivity contribution < 1.29 is 9.90 Å². The molecule has 2 heteroatoms. The van der Waals surface area contributed by atoms with E-state index in [-0.39, 0.29) is 0 Å². The average Bonchev–Trinajstić information content (AvgIpc) is 2.26. The van der Waals surface area contributed by atoms with Crippen molar-refractivity contribution >= 4 is 5.97 Å². The monoisotopic (exact) mass is 210 g/mol. The smallest absolute Gasteiger partial charge is 0.330 e. The molecule has 0 spiro atoms. The van der Waals surface area contributed by atoms with E-state index in [1.807, 2.05) is 6.08 Å². The Morgan fingerprint density at radius 2 is 2.07 bits per heavy atom. The van der Waals surface area contributed by atoms with Crippen LogP contribution in [0.5, 0.6) is 0 Å². The lowest BCUT2D eigenvalue weighted by Crippen LogP contribution is -2.14. The zero-order valence-electron chi connectivity index (χ0n) is 9.83. The van der Waals surface area contributed by atoms with E-state index in [0.717, 1.165) is 18.3 Å². The van der Waals surface area contributed by atoms with E-state index < -0.39 is 5.97 Å². The summed E-state index contributed by atoms with van der Waals surface area (Å²) in [5, 5.41) is 8.74. The first-order chi connectivity index (χ1) is 7.13. The third-order valence-electron chi connectivity index (χ3n) is 3.56. The number of hydrogen-bond acceptors (Lipinski definition) is 1. The minimum atomic E-state index is -0.780. The van der Waals surface area contributed by atoms with E-state index >= 15 is 0 Å². The van der Waals surface area contributed by atoms with Crippen molar-refractivity contribution in [1.29, 1.82) is 0 Å². The van der Waals surface area contributed by atoms with Gasteiger partial charge in [-0.25, -0.2) is 4.79 Å². The lowest BCUT2D eigenvalue weighted by atomic mass is 9.78. The van der Waals surface area contributed by atoms with Gasteiger partial charge in [0, 0.05) is 5.57 Å². The number of carboxylic acid groups (broad SMARTS) is 1. The summed E-state index contributed by atoms with van der Waals surface area (Å²) in [4.78, 5) is 10.6. The van der Waals surface area contributed by atoms with Crippen LogP contribution in [0.1, 0.15) is 52.4 Å². The molecule has 0 aromatic carbocycles. The molecule has 86 valence electrons. The van der Waals surface area contributed by atoms with E-state index in [1.165, 1.54) is 32.1 Å². The fraction of sp³-hybridized carbons (Fsp3) is 0.769. The predicted molar refractivity (Wildman–Crippen MR) is 61.7 cm³/mol. The maximum atomic E-state index is 10.6. The highest BCUT2D eigenvalue weighted by molar-refractivity contribution is 5.85. The second-order valence-electron chi connectivity index (χ2n) is 4.73. The second-order valence-corrected chi connectivity index (χ2v) is 4.73. The Morgan fingerprint density at radius 1 is 1.40 bits per heavy atom. The highest BCUT2D eigenvalue weighted by Crippen LogP contribution is 2.33. The summed E-state index contributed by atoms with van der Waals surface area (Å²) in [6.45, 7) is 3.94. The quantitative estimate of drug-likeness (QED) is 0.719. The summed E-state index contributed by atoms with van der Waals surface area (Å²) in [7, 11) is 0. The zero-order valence-corrected chi connectivity index (χ0v) is 9.83. The van der Waals surface area contributed by atoms with Crippen LogP contribution in [0.4, 0.5) is 0 Å². The van der Waals surface area contributed by atoms with Gasteiger partial charge in [-0.05, 0) is 31.6 Å². The molecule has 1 saturated carbocycles. The van der Waals surface area contributed by atoms with Crippen molar-refractivity contribution in [3.63, 3.8) is 0 Å². The molecule has 1 aliphatic rings. The van der Waals surface area contributed by atoms with Gasteiger partial charge in [0.1, 0.15) is 0 Å². The SMILES string of the molecule is CCC1CCCC(CC=C(C)C(=O)O)C1. The molecule has 2 nitrogen and oxygen atoms in total. The summed E-state index contributed by atoms with van der Waals surface area (Å²) < 4.78 is 0. The lowest BCUT2D eigenvalue weighted by Gasteiger charge is -2.27. The highest BCUT2D eigenvalue weighted by Gasteiger charge is 2.19. The predicted octanol–water partition coefficient (Wildman–Crippen LogP) is 3.62. The van der Waals surface area contributed by atoms with E-state index in [4.69, 9.17) is 5.11 Å². The molecule has 1 N–H and O–H groups in total. The van der Waals surface area contributed by atoms with Gasteiger partial charge >= 0.3 is 5.97 Å². The minimum Gasteiger partial charge on any atom is -0.478 e. The van der Waals surface area contributed by atoms with Crippen molar-refractivity contribution in [2.24, 2.45) is 11.8 Å². The van der Waals surface area contributed by atoms with Gasteiger partial charge < -0.3 is 5.11 Å². The molecule has 2 atom stereocenters. The molecule has 0 radical (unpaired) electrons. The first-order valence-corrected chi connectivity index (χ1v) is 6.03. The van der Waals surface area contributed by atoms with Gasteiger partial charge in [-0.2, -0.15) is 0 Å². The van der Waals surface area contributed by atoms with E-state index in [1.54, 1.807) is 6.92 Å². The van der Waals surface area contributed by atoms with Crippen LogP contribution in [0.15, 0.2) is 11.6 Å². The molecule has 2 unspecified atom stereocenters. The maximum Gasteiger partial charge on any atom is 0.330 e. The van der Waals surface area contributed by atoms with Crippen molar-refractivity contribution in [2.45, 2.75) is 52.4 Å². The van der Waals surface area contributed by atoms with Crippen LogP contribution in [0.25, 0.3) is 0 Å². The van der Waals surface area contributed by atoms with Crippen LogP contribution >= 0.6 is 0 Å². The third-order valence-corrected chi connectivity index (χ3v) is 3.56. The van der Waals surface area contributed by atoms with Crippen LogP contribution < -0.4 is 0 Å². The summed E-state index contributed by atoms with van der Waals surface area (Å²) in [6, 6.07) is 0. The molecule has 1 aliphatic carbocycles. The van der Waals surface area contributed by atoms with Crippen molar-refractivity contribution in [3.8, 4) is 0 Å². The Kier molecular flexibility index (Phi) is 4.86. The van der Waals surface area contributed by atoms with Crippen molar-refractivity contribution in [3.05, 3.63) is 11.6 Å². The van der Waals surface area contributed by atoms with Crippen molar-refractivity contribution in [2.75, 3.05) is 0 Å². The molecule has 1 rings (SSSR count). The Hall–Kier alpha value is -0.790. The molecule has 15 heavy (non-hydrogen) atoms. The standard InChI is InChI=1S/C13H22O2/c1-3-11-5-4-6-12(9-11)8-7-10(2)13(14)15/h7,11-12H,3-6,8-9H2,1-2H3,(H,14,15). The summed E-state index contributed by atoms with van der Waals surface area (Å²) in [6.07, 6.45) is 9.38. The number of allylic oxidation sites excluding steroid dienone is 1. The topological polar surface area (TPSA) is 37.3 Å². The molecule has 0 aromatic heterocycles. The first kappa shape index (κ1) is 12.3. The van der Waals surface area contributed by atoms with Crippen LogP contribution in [0.2, 0.25) is 0 Å². The van der Waals surface area contributed by atoms with Gasteiger partial charge in [0.05, 0.1) is 0 Å². The van der Waals surface area contributed by atoms with Crippen LogP contribution in [-0.4, -0.2) is 11.1 Å². The minimum absolute atomic E-state index is 0.494. The Bertz CT molecular complexity index is 243. The van der Waals surface area contributed by atoms with E-state index in [2.05, 4.69) is 6.92 Å². The Morgan fingerprint density at radius 3 is 2.67 bits per heavy atom. The van der Waals surface area contributed by atoms with E-state index in [0.29, 0.717) is 5.57 Å². The van der Waals surface area contributed by atoms with Crippen LogP contribution in [0.3, 0.4) is 0 Å². The third kappa shape index (κ3) is 4.06. The largest absolute Gasteiger partial charge is 0.478 e. The molecule has 0 bridgehead atoms. The summed E-state index contributed by atoms with van der Waals surface area (Å²) in [5.41, 5.74) is 0.494. The maximum absolute atomic E-state index is 10.6. The zero-order chi connectivity index (χ0) is 11.3. The van der Waals surface area contributed by atoms with Gasteiger partial charge in [-0.3, -0.25) is 0 Å². The van der Waals surface area contributed by atoms with Gasteiger partial charge in [-0.15, -0.1) is 0 Å². The second kappa shape index (κ2) is 5.94. The number of carbonyl (C=O) groups is 1. The van der Waals surface area contributed by atoms with Gasteiger partial charge in [-0.1, -0.05) is 38.7 Å². The van der Waals surface area contributed by atoms with E-state index in [9.17, 15) is 4.79 Å². The summed E-state index contributed by atoms with van der Waals surface area (Å²) in [5.74, 6) is 0.818. The fourth-order valence-corrected chi connectivity index (χ4v) is 2.42. The molecule has 0 aliphatic heterocycles. The van der Waals surface area contributed by atoms with Crippen LogP contribution in [0, 0.1) is 11.8 Å². The molecule has 0 amide bonds. The molecule has 0 heterocycles. The molecule has 0 saturated heterocycles. The number of aliphatic carboxylic acids is 1. The van der Waals surface area contributed by atoms with Crippen LogP contribution in [-0.2, 0) is 4.79 Å². The van der Waals surface area contributed by atoms with Gasteiger partial charge in [0.15, 0.2) is 0 Å². The average molecular weight is 210 g/mol. The molecular weight excluding hydrogens is 188 g/mol. The fourth-order valence-electron chi connectivity index (χ4n) is 2.42. The van der Waals surface area contributed by atoms with Gasteiger partial charge in [0.2, 0.25) is 0 Å². The Balaban J connectivity index is 2.38. The van der Waals surface area contributed by atoms with Gasteiger partial charge in [0.25, 0.3) is 0 Å². The Labute approximate surface area is 92.4 Å². The normalized spacial score (nSPS) is 27.7. The summed E-state index contributed by atoms with van der Waals surface area (Å²) >= 11 is 0.